The maximum Gasteiger partial charge on any atom is 0.000968 e. The molecule has 1 atom stereocenters. The molecule has 0 bridgehead atoms. The summed E-state index contributed by atoms with van der Waals surface area (Å²) in [5, 5.41) is 3.45. The summed E-state index contributed by atoms with van der Waals surface area (Å²) in [4.78, 5) is 2.66. The van der Waals surface area contributed by atoms with Crippen LogP contribution in [0, 0.1) is 18.3 Å². The van der Waals surface area contributed by atoms with Crippen LogP contribution >= 0.6 is 0 Å². The highest BCUT2D eigenvalue weighted by molar-refractivity contribution is 4.80. The van der Waals surface area contributed by atoms with Crippen molar-refractivity contribution in [2.24, 2.45) is 11.8 Å². The van der Waals surface area contributed by atoms with E-state index in [1.807, 2.05) is 0 Å². The Bertz CT molecular complexity index is 169. The lowest BCUT2D eigenvalue weighted by Gasteiger charge is -2.34. The number of hydrogen-bond donors (Lipinski definition) is 1. The van der Waals surface area contributed by atoms with Gasteiger partial charge in [0.05, 0.1) is 0 Å². The molecule has 1 unspecified atom stereocenters. The van der Waals surface area contributed by atoms with Crippen LogP contribution in [-0.2, 0) is 0 Å². The van der Waals surface area contributed by atoms with Crippen molar-refractivity contribution >= 4 is 0 Å². The molecule has 2 heterocycles. The molecule has 0 aromatic rings. The van der Waals surface area contributed by atoms with E-state index < -0.39 is 0 Å². The Morgan fingerprint density at radius 2 is 1.93 bits per heavy atom. The minimum atomic E-state index is 0.894. The van der Waals surface area contributed by atoms with E-state index in [9.17, 15) is 0 Å². The van der Waals surface area contributed by atoms with Gasteiger partial charge in [-0.1, -0.05) is 6.92 Å². The minimum absolute atomic E-state index is 0.894. The highest BCUT2D eigenvalue weighted by atomic mass is 15.1. The third-order valence-electron chi connectivity index (χ3n) is 4.03. The van der Waals surface area contributed by atoms with Gasteiger partial charge < -0.3 is 10.2 Å². The van der Waals surface area contributed by atoms with Crippen LogP contribution in [0.15, 0.2) is 0 Å². The maximum atomic E-state index is 3.45. The van der Waals surface area contributed by atoms with E-state index in [1.54, 1.807) is 0 Å². The van der Waals surface area contributed by atoms with Crippen LogP contribution in [0.2, 0.25) is 0 Å². The molecule has 2 rings (SSSR count). The van der Waals surface area contributed by atoms with Crippen LogP contribution in [0.25, 0.3) is 0 Å². The van der Waals surface area contributed by atoms with Crippen molar-refractivity contribution < 1.29 is 0 Å². The zero-order chi connectivity index (χ0) is 10.5. The predicted octanol–water partition coefficient (Wildman–Crippen LogP) is 1.92. The molecule has 2 aliphatic heterocycles. The quantitative estimate of drug-likeness (QED) is 0.764. The Hall–Kier alpha value is -0.0800. The molecule has 2 nitrogen and oxygen atoms in total. The fraction of sp³-hybridized carbons (Fsp3) is 0.923. The first-order valence-corrected chi connectivity index (χ1v) is 6.61. The number of rotatable bonds is 3. The van der Waals surface area contributed by atoms with Gasteiger partial charge in [-0.3, -0.25) is 0 Å². The van der Waals surface area contributed by atoms with Crippen molar-refractivity contribution in [3.63, 3.8) is 0 Å². The molecule has 0 spiro atoms. The van der Waals surface area contributed by atoms with Gasteiger partial charge in [-0.25, -0.2) is 0 Å². The lowest BCUT2D eigenvalue weighted by Crippen LogP contribution is -2.38. The second-order valence-electron chi connectivity index (χ2n) is 5.23. The lowest BCUT2D eigenvalue weighted by atomic mass is 9.85. The number of nitrogens with zero attached hydrogens (tertiary/aromatic N) is 1. The average molecular weight is 209 g/mol. The number of hydrogen-bond acceptors (Lipinski definition) is 2. The summed E-state index contributed by atoms with van der Waals surface area (Å²) in [6.45, 7) is 8.86. The van der Waals surface area contributed by atoms with E-state index >= 15 is 0 Å². The van der Waals surface area contributed by atoms with Gasteiger partial charge in [-0.2, -0.15) is 0 Å². The van der Waals surface area contributed by atoms with Gasteiger partial charge in [0.15, 0.2) is 0 Å². The van der Waals surface area contributed by atoms with E-state index in [1.165, 1.54) is 58.4 Å². The zero-order valence-corrected chi connectivity index (χ0v) is 10.0. The van der Waals surface area contributed by atoms with Gasteiger partial charge >= 0.3 is 0 Å². The predicted molar refractivity (Wildman–Crippen MR) is 64.7 cm³/mol. The van der Waals surface area contributed by atoms with E-state index in [2.05, 4.69) is 23.6 Å². The van der Waals surface area contributed by atoms with Crippen molar-refractivity contribution in [3.8, 4) is 0 Å². The van der Waals surface area contributed by atoms with Crippen LogP contribution < -0.4 is 5.32 Å². The second-order valence-corrected chi connectivity index (χ2v) is 5.23. The largest absolute Gasteiger partial charge is 0.317 e. The third kappa shape index (κ3) is 3.46. The van der Waals surface area contributed by atoms with Gasteiger partial charge in [-0.15, -0.1) is 0 Å². The van der Waals surface area contributed by atoms with E-state index in [4.69, 9.17) is 0 Å². The Morgan fingerprint density at radius 1 is 1.27 bits per heavy atom. The summed E-state index contributed by atoms with van der Waals surface area (Å²) >= 11 is 0. The summed E-state index contributed by atoms with van der Waals surface area (Å²) in [5.41, 5.74) is 0. The van der Waals surface area contributed by atoms with Crippen molar-refractivity contribution in [2.45, 2.75) is 32.6 Å². The Labute approximate surface area is 94.4 Å². The molecule has 0 saturated carbocycles. The van der Waals surface area contributed by atoms with Crippen LogP contribution in [0.3, 0.4) is 0 Å². The molecule has 0 aliphatic carbocycles. The summed E-state index contributed by atoms with van der Waals surface area (Å²) in [7, 11) is 0. The summed E-state index contributed by atoms with van der Waals surface area (Å²) in [6, 6.07) is 0. The van der Waals surface area contributed by atoms with E-state index in [0.717, 1.165) is 11.8 Å². The smallest absolute Gasteiger partial charge is 0.000968 e. The molecule has 1 radical (unpaired) electrons. The maximum absolute atomic E-state index is 3.45. The Morgan fingerprint density at radius 3 is 2.60 bits per heavy atom. The molecule has 0 amide bonds. The number of piperidine rings is 2. The first-order chi connectivity index (χ1) is 7.36. The van der Waals surface area contributed by atoms with Gasteiger partial charge in [0.1, 0.15) is 0 Å². The van der Waals surface area contributed by atoms with E-state index in [0.29, 0.717) is 0 Å². The average Bonchev–Trinajstić information content (AvgIpc) is 2.31. The monoisotopic (exact) mass is 209 g/mol. The van der Waals surface area contributed by atoms with Crippen molar-refractivity contribution in [2.75, 3.05) is 32.7 Å². The standard InChI is InChI=1S/C13H25N2/c1-12(13-5-7-14-8-6-13)11-15-9-3-2-4-10-15/h2,12-14H,3-11H2,1H3. The first kappa shape index (κ1) is 11.4. The van der Waals surface area contributed by atoms with Gasteiger partial charge in [0.25, 0.3) is 0 Å². The summed E-state index contributed by atoms with van der Waals surface area (Å²) in [6.07, 6.45) is 7.83. The zero-order valence-electron chi connectivity index (χ0n) is 10.0. The molecule has 0 aromatic heterocycles. The topological polar surface area (TPSA) is 15.3 Å². The van der Waals surface area contributed by atoms with Crippen LogP contribution in [0.5, 0.6) is 0 Å². The van der Waals surface area contributed by atoms with Gasteiger partial charge in [-0.05, 0) is 70.1 Å². The highest BCUT2D eigenvalue weighted by Gasteiger charge is 2.22. The number of likely N-dealkylation sites (tertiary alicyclic amines) is 1. The van der Waals surface area contributed by atoms with Crippen LogP contribution in [0.1, 0.15) is 32.6 Å². The normalized spacial score (nSPS) is 27.8. The molecule has 2 aliphatic rings. The lowest BCUT2D eigenvalue weighted by molar-refractivity contribution is 0.169. The SMILES string of the molecule is CC(CN1CC[CH]CC1)C1CCNCC1. The molecular formula is C13H25N2. The Balaban J connectivity index is 1.72. The van der Waals surface area contributed by atoms with Gasteiger partial charge in [0.2, 0.25) is 0 Å². The fourth-order valence-corrected chi connectivity index (χ4v) is 2.96. The summed E-state index contributed by atoms with van der Waals surface area (Å²) < 4.78 is 0. The van der Waals surface area contributed by atoms with Crippen LogP contribution in [0.4, 0.5) is 0 Å². The fourth-order valence-electron chi connectivity index (χ4n) is 2.96. The van der Waals surface area contributed by atoms with E-state index in [-0.39, 0.29) is 0 Å². The number of nitrogens with one attached hydrogen (secondary N) is 1. The third-order valence-corrected chi connectivity index (χ3v) is 4.03. The molecule has 0 aromatic carbocycles. The Kier molecular flexibility index (Phi) is 4.45. The minimum Gasteiger partial charge on any atom is -0.317 e. The second kappa shape index (κ2) is 5.86. The molecule has 87 valence electrons. The van der Waals surface area contributed by atoms with Gasteiger partial charge in [0, 0.05) is 6.54 Å². The molecular weight excluding hydrogens is 184 g/mol. The molecule has 2 heteroatoms. The first-order valence-electron chi connectivity index (χ1n) is 6.61. The van der Waals surface area contributed by atoms with Crippen molar-refractivity contribution in [3.05, 3.63) is 6.42 Å². The molecule has 15 heavy (non-hydrogen) atoms. The summed E-state index contributed by atoms with van der Waals surface area (Å²) in [5.74, 6) is 1.86. The molecule has 1 N–H and O–H groups in total. The van der Waals surface area contributed by atoms with Crippen molar-refractivity contribution in [1.82, 2.24) is 10.2 Å². The molecule has 2 fully saturated rings. The highest BCUT2D eigenvalue weighted by Crippen LogP contribution is 2.23. The van der Waals surface area contributed by atoms with Crippen LogP contribution in [-0.4, -0.2) is 37.6 Å². The molecule has 2 saturated heterocycles. The van der Waals surface area contributed by atoms with Crippen molar-refractivity contribution in [1.29, 1.82) is 0 Å².